The number of nitrogens with one attached hydrogen (secondary N) is 1. The van der Waals surface area contributed by atoms with E-state index in [9.17, 15) is 4.79 Å². The van der Waals surface area contributed by atoms with Gasteiger partial charge >= 0.3 is 0 Å². The number of carbonyl (C=O) groups excluding carboxylic acids is 1. The van der Waals surface area contributed by atoms with Gasteiger partial charge in [-0.2, -0.15) is 16.4 Å². The lowest BCUT2D eigenvalue weighted by molar-refractivity contribution is 0.0947. The largest absolute Gasteiger partial charge is 0.352 e. The second kappa shape index (κ2) is 6.02. The summed E-state index contributed by atoms with van der Waals surface area (Å²) in [4.78, 5) is 11.8. The normalized spacial score (nSPS) is 12.4. The van der Waals surface area contributed by atoms with Crippen LogP contribution in [0.1, 0.15) is 28.7 Å². The summed E-state index contributed by atoms with van der Waals surface area (Å²) >= 11 is 1.53. The number of amides is 1. The molecule has 1 amide bonds. The van der Waals surface area contributed by atoms with Gasteiger partial charge in [0.25, 0.3) is 5.91 Å². The van der Waals surface area contributed by atoms with Crippen molar-refractivity contribution in [1.82, 2.24) is 15.1 Å². The van der Waals surface area contributed by atoms with Crippen LogP contribution in [0, 0.1) is 19.8 Å². The van der Waals surface area contributed by atoms with E-state index in [2.05, 4.69) is 30.3 Å². The molecule has 0 aliphatic carbocycles. The molecule has 0 radical (unpaired) electrons. The van der Waals surface area contributed by atoms with E-state index in [0.717, 1.165) is 23.5 Å². The SMILES string of the molecule is Cc1cc(C)n(C[C@H](C)CNC(=O)c2ccsc2)n1. The quantitative estimate of drug-likeness (QED) is 0.913. The second-order valence-corrected chi connectivity index (χ2v) is 5.72. The van der Waals surface area contributed by atoms with Gasteiger partial charge in [0.1, 0.15) is 0 Å². The summed E-state index contributed by atoms with van der Waals surface area (Å²) < 4.78 is 2.00. The first kappa shape index (κ1) is 13.8. The molecule has 19 heavy (non-hydrogen) atoms. The van der Waals surface area contributed by atoms with Crippen LogP contribution >= 0.6 is 11.3 Å². The highest BCUT2D eigenvalue weighted by atomic mass is 32.1. The monoisotopic (exact) mass is 277 g/mol. The molecule has 0 aromatic carbocycles. The summed E-state index contributed by atoms with van der Waals surface area (Å²) in [6.45, 7) is 7.64. The summed E-state index contributed by atoms with van der Waals surface area (Å²) in [6, 6.07) is 3.91. The van der Waals surface area contributed by atoms with Crippen LogP contribution in [0.15, 0.2) is 22.9 Å². The predicted octanol–water partition coefficient (Wildman–Crippen LogP) is 2.63. The lowest BCUT2D eigenvalue weighted by Gasteiger charge is -2.13. The molecule has 0 fully saturated rings. The fourth-order valence-electron chi connectivity index (χ4n) is 1.98. The minimum Gasteiger partial charge on any atom is -0.352 e. The van der Waals surface area contributed by atoms with Crippen LogP contribution in [0.25, 0.3) is 0 Å². The molecule has 4 nitrogen and oxygen atoms in total. The van der Waals surface area contributed by atoms with E-state index in [4.69, 9.17) is 0 Å². The first-order valence-electron chi connectivity index (χ1n) is 6.37. The third-order valence-electron chi connectivity index (χ3n) is 2.98. The number of nitrogens with zero attached hydrogens (tertiary/aromatic N) is 2. The van der Waals surface area contributed by atoms with Gasteiger partial charge in [0.05, 0.1) is 5.69 Å². The van der Waals surface area contributed by atoms with Gasteiger partial charge in [-0.05, 0) is 37.3 Å². The first-order chi connectivity index (χ1) is 9.06. The molecule has 0 bridgehead atoms. The zero-order valence-electron chi connectivity index (χ0n) is 11.5. The Bertz CT molecular complexity index is 545. The van der Waals surface area contributed by atoms with Crippen LogP contribution < -0.4 is 5.32 Å². The van der Waals surface area contributed by atoms with Crippen molar-refractivity contribution in [2.24, 2.45) is 5.92 Å². The van der Waals surface area contributed by atoms with E-state index in [0.29, 0.717) is 12.5 Å². The maximum absolute atomic E-state index is 11.8. The molecule has 2 rings (SSSR count). The van der Waals surface area contributed by atoms with Crippen molar-refractivity contribution in [2.75, 3.05) is 6.54 Å². The molecular formula is C14H19N3OS. The smallest absolute Gasteiger partial charge is 0.252 e. The topological polar surface area (TPSA) is 46.9 Å². The highest BCUT2D eigenvalue weighted by Gasteiger charge is 2.10. The number of aromatic nitrogens is 2. The van der Waals surface area contributed by atoms with Crippen molar-refractivity contribution >= 4 is 17.2 Å². The lowest BCUT2D eigenvalue weighted by Crippen LogP contribution is -2.30. The molecule has 5 heteroatoms. The average Bonchev–Trinajstić information content (AvgIpc) is 2.97. The molecule has 1 atom stereocenters. The van der Waals surface area contributed by atoms with Gasteiger partial charge in [-0.25, -0.2) is 0 Å². The van der Waals surface area contributed by atoms with Gasteiger partial charge in [-0.1, -0.05) is 6.92 Å². The van der Waals surface area contributed by atoms with Crippen molar-refractivity contribution < 1.29 is 4.79 Å². The highest BCUT2D eigenvalue weighted by Crippen LogP contribution is 2.08. The van der Waals surface area contributed by atoms with E-state index in [1.807, 2.05) is 28.4 Å². The third kappa shape index (κ3) is 3.67. The highest BCUT2D eigenvalue weighted by molar-refractivity contribution is 7.08. The standard InChI is InChI=1S/C14H19N3OS/c1-10(8-17-12(3)6-11(2)16-17)7-15-14(18)13-4-5-19-9-13/h4-6,9-10H,7-8H2,1-3H3,(H,15,18)/t10-/m1/s1. The van der Waals surface area contributed by atoms with Gasteiger partial charge in [0.15, 0.2) is 0 Å². The number of aryl methyl sites for hydroxylation is 2. The van der Waals surface area contributed by atoms with Crippen molar-refractivity contribution in [3.8, 4) is 0 Å². The number of thiophene rings is 1. The van der Waals surface area contributed by atoms with Crippen molar-refractivity contribution in [1.29, 1.82) is 0 Å². The predicted molar refractivity (Wildman–Crippen MR) is 77.5 cm³/mol. The molecule has 0 aliphatic heterocycles. The molecule has 2 aromatic rings. The molecule has 2 heterocycles. The van der Waals surface area contributed by atoms with Crippen LogP contribution in [-0.2, 0) is 6.54 Å². The molecule has 102 valence electrons. The summed E-state index contributed by atoms with van der Waals surface area (Å²) in [5.41, 5.74) is 2.93. The average molecular weight is 277 g/mol. The molecule has 1 N–H and O–H groups in total. The Morgan fingerprint density at radius 3 is 2.89 bits per heavy atom. The molecule has 0 spiro atoms. The van der Waals surface area contributed by atoms with E-state index in [1.165, 1.54) is 11.3 Å². The fraction of sp³-hybridized carbons (Fsp3) is 0.429. The maximum atomic E-state index is 11.8. The van der Waals surface area contributed by atoms with Gasteiger partial charge in [0, 0.05) is 29.7 Å². The molecule has 0 aliphatic rings. The summed E-state index contributed by atoms with van der Waals surface area (Å²) in [7, 11) is 0. The van der Waals surface area contributed by atoms with Crippen molar-refractivity contribution in [3.05, 3.63) is 39.8 Å². The van der Waals surface area contributed by atoms with E-state index >= 15 is 0 Å². The minimum absolute atomic E-state index is 0.00136. The number of rotatable bonds is 5. The van der Waals surface area contributed by atoms with E-state index in [-0.39, 0.29) is 5.91 Å². The Morgan fingerprint density at radius 2 is 2.32 bits per heavy atom. The molecule has 0 saturated carbocycles. The Balaban J connectivity index is 1.83. The minimum atomic E-state index is 0.00136. The van der Waals surface area contributed by atoms with Crippen LogP contribution in [0.5, 0.6) is 0 Å². The zero-order valence-corrected chi connectivity index (χ0v) is 12.3. The Labute approximate surface area is 117 Å². The van der Waals surface area contributed by atoms with E-state index in [1.54, 1.807) is 0 Å². The first-order valence-corrected chi connectivity index (χ1v) is 7.32. The van der Waals surface area contributed by atoms with Gasteiger partial charge in [-0.15, -0.1) is 0 Å². The van der Waals surface area contributed by atoms with Crippen LogP contribution in [-0.4, -0.2) is 22.2 Å². The van der Waals surface area contributed by atoms with Crippen LogP contribution in [0.2, 0.25) is 0 Å². The molecular weight excluding hydrogens is 258 g/mol. The van der Waals surface area contributed by atoms with Crippen molar-refractivity contribution in [3.63, 3.8) is 0 Å². The second-order valence-electron chi connectivity index (χ2n) is 4.94. The van der Waals surface area contributed by atoms with Gasteiger partial charge in [0.2, 0.25) is 0 Å². The lowest BCUT2D eigenvalue weighted by atomic mass is 10.1. The van der Waals surface area contributed by atoms with E-state index < -0.39 is 0 Å². The summed E-state index contributed by atoms with van der Waals surface area (Å²) in [5.74, 6) is 0.349. The van der Waals surface area contributed by atoms with Crippen molar-refractivity contribution in [2.45, 2.75) is 27.3 Å². The van der Waals surface area contributed by atoms with Gasteiger partial charge < -0.3 is 5.32 Å². The zero-order chi connectivity index (χ0) is 13.8. The summed E-state index contributed by atoms with van der Waals surface area (Å²) in [5, 5.41) is 11.2. The fourth-order valence-corrected chi connectivity index (χ4v) is 2.62. The third-order valence-corrected chi connectivity index (χ3v) is 3.67. The number of hydrogen-bond donors (Lipinski definition) is 1. The van der Waals surface area contributed by atoms with Crippen LogP contribution in [0.4, 0.5) is 0 Å². The summed E-state index contributed by atoms with van der Waals surface area (Å²) in [6.07, 6.45) is 0. The molecule has 0 unspecified atom stereocenters. The number of carbonyl (C=O) groups is 1. The Kier molecular flexibility index (Phi) is 4.37. The molecule has 0 saturated heterocycles. The van der Waals surface area contributed by atoms with Crippen LogP contribution in [0.3, 0.4) is 0 Å². The Hall–Kier alpha value is -1.62. The van der Waals surface area contributed by atoms with Gasteiger partial charge in [-0.3, -0.25) is 9.48 Å². The number of hydrogen-bond acceptors (Lipinski definition) is 3. The molecule has 2 aromatic heterocycles. The Morgan fingerprint density at radius 1 is 1.53 bits per heavy atom. The maximum Gasteiger partial charge on any atom is 0.252 e.